The molecule has 0 N–H and O–H groups in total. The molecule has 0 radical (unpaired) electrons. The fourth-order valence-electron chi connectivity index (χ4n) is 21.5. The minimum atomic E-state index is -0.514. The van der Waals surface area contributed by atoms with E-state index in [1.54, 1.807) is 0 Å². The van der Waals surface area contributed by atoms with Crippen LogP contribution >= 0.6 is 0 Å². The molecule has 125 heavy (non-hydrogen) atoms. The highest BCUT2D eigenvalue weighted by Gasteiger charge is 2.52. The van der Waals surface area contributed by atoms with Gasteiger partial charge in [0.25, 0.3) is 6.71 Å². The molecule has 1 spiro atoms. The van der Waals surface area contributed by atoms with Crippen LogP contribution in [0, 0.1) is 0 Å². The molecule has 0 saturated carbocycles. The molecule has 4 aliphatic rings. The molecule has 0 fully saturated rings. The second-order valence-corrected chi connectivity index (χ2v) is 44.3. The molecule has 0 atom stereocenters. The van der Waals surface area contributed by atoms with E-state index in [1.165, 1.54) is 178 Å². The predicted molar refractivity (Wildman–Crippen MR) is 537 cm³/mol. The predicted octanol–water partition coefficient (Wildman–Crippen LogP) is 30.2. The van der Waals surface area contributed by atoms with Gasteiger partial charge in [0.15, 0.2) is 0 Å². The zero-order chi connectivity index (χ0) is 87.3. The molecule has 0 amide bonds. The van der Waals surface area contributed by atoms with E-state index >= 15 is 0 Å². The molecule has 2 aliphatic heterocycles. The third-order valence-corrected chi connectivity index (χ3v) is 28.7. The van der Waals surface area contributed by atoms with Crippen LogP contribution in [0.15, 0.2) is 277 Å². The van der Waals surface area contributed by atoms with Gasteiger partial charge in [-0.2, -0.15) is 0 Å². The molecule has 20 rings (SSSR count). The maximum atomic E-state index is 7.01. The van der Waals surface area contributed by atoms with Gasteiger partial charge in [0.1, 0.15) is 11.2 Å². The molecule has 4 nitrogen and oxygen atoms in total. The molecule has 0 unspecified atom stereocenters. The van der Waals surface area contributed by atoms with E-state index in [0.29, 0.717) is 0 Å². The molecule has 0 saturated heterocycles. The lowest BCUT2D eigenvalue weighted by Gasteiger charge is -2.45. The Balaban J connectivity index is 0.790. The van der Waals surface area contributed by atoms with Gasteiger partial charge < -0.3 is 18.8 Å². The third-order valence-electron chi connectivity index (χ3n) is 28.7. The highest BCUT2D eigenvalue weighted by molar-refractivity contribution is 7.00. The van der Waals surface area contributed by atoms with Gasteiger partial charge in [-0.05, 0) is 263 Å². The van der Waals surface area contributed by atoms with E-state index in [1.807, 2.05) is 0 Å². The topological polar surface area (TPSA) is 24.6 Å². The maximum absolute atomic E-state index is 7.01. The van der Waals surface area contributed by atoms with Crippen molar-refractivity contribution in [2.24, 2.45) is 0 Å². The van der Waals surface area contributed by atoms with Crippen molar-refractivity contribution < 1.29 is 4.42 Å². The minimum Gasteiger partial charge on any atom is -0.455 e. The zero-order valence-corrected chi connectivity index (χ0v) is 77.8. The van der Waals surface area contributed by atoms with E-state index in [2.05, 4.69) is 433 Å². The van der Waals surface area contributed by atoms with Crippen LogP contribution in [-0.4, -0.2) is 24.4 Å². The van der Waals surface area contributed by atoms with Gasteiger partial charge in [0, 0.05) is 68.6 Å². The number of furan rings is 1. The van der Waals surface area contributed by atoms with Crippen molar-refractivity contribution in [3.05, 3.63) is 345 Å². The van der Waals surface area contributed by atoms with Gasteiger partial charge in [-0.15, -0.1) is 0 Å². The van der Waals surface area contributed by atoms with Crippen molar-refractivity contribution in [3.63, 3.8) is 0 Å². The standard InChI is InChI=1S/C120H122BN3O/c1-113(2,3)79-53-50-74(94(67-79)77-60-81(115(7,8)9)65-82(61-77)116(10,11)12)36-32-33-58-122-105-57-52-76(87-43-34-44-93-92-42-26-31-49-110(92)125-112(87)93)64-103(105)121-102-56-55-86(124-104-48-30-25-41-91(104)97-72-96-90-40-24-29-47-100(90)120(101(96)73-106(97)124)98-45-27-22-38-88(98)89-39-23-28-46-99(89)120)71-107(102)123(109-70-85(119(19,20)21)69-108(122)111(109)121)59-35-37-75-51-54-80(114(4,5)6)68-95(75)78-62-83(117(13,14)15)66-84(63-78)118(16,17)18/h22-31,34,38-57,60-73H,32-33,35-37,58-59H2,1-21H3. The highest BCUT2D eigenvalue weighted by atomic mass is 16.3. The summed E-state index contributed by atoms with van der Waals surface area (Å²) in [5, 5.41) is 4.78. The van der Waals surface area contributed by atoms with Crippen molar-refractivity contribution in [2.45, 2.75) is 221 Å². The average molecular weight is 1630 g/mol. The van der Waals surface area contributed by atoms with Crippen LogP contribution in [0.1, 0.15) is 237 Å². The fraction of sp³-hybridized carbons (Fsp3) is 0.300. The molecule has 0 bridgehead atoms. The number of para-hydroxylation sites is 3. The molecule has 16 aromatic rings. The Morgan fingerprint density at radius 1 is 0.280 bits per heavy atom. The summed E-state index contributed by atoms with van der Waals surface area (Å²) in [6.45, 7) is 51.4. The second kappa shape index (κ2) is 29.2. The van der Waals surface area contributed by atoms with Gasteiger partial charge in [0.2, 0.25) is 0 Å². The van der Waals surface area contributed by atoms with Crippen LogP contribution < -0.4 is 26.2 Å². The number of hydrogen-bond donors (Lipinski definition) is 0. The fourth-order valence-corrected chi connectivity index (χ4v) is 21.5. The summed E-state index contributed by atoms with van der Waals surface area (Å²) >= 11 is 0. The second-order valence-electron chi connectivity index (χ2n) is 44.3. The smallest absolute Gasteiger partial charge is 0.252 e. The van der Waals surface area contributed by atoms with Crippen molar-refractivity contribution in [1.29, 1.82) is 0 Å². The number of rotatable bonds is 13. The van der Waals surface area contributed by atoms with Crippen LogP contribution in [0.5, 0.6) is 0 Å². The molecule has 4 heterocycles. The van der Waals surface area contributed by atoms with Crippen LogP contribution in [0.2, 0.25) is 0 Å². The summed E-state index contributed by atoms with van der Waals surface area (Å²) in [5.41, 5.74) is 44.3. The lowest BCUT2D eigenvalue weighted by molar-refractivity contribution is 0.568. The highest BCUT2D eigenvalue weighted by Crippen LogP contribution is 2.64. The zero-order valence-electron chi connectivity index (χ0n) is 77.8. The van der Waals surface area contributed by atoms with E-state index < -0.39 is 5.41 Å². The van der Waals surface area contributed by atoms with Crippen molar-refractivity contribution in [3.8, 4) is 61.3 Å². The molecular formula is C120H122BN3O. The molecule has 626 valence electrons. The number of nitrogens with zero attached hydrogens (tertiary/aromatic N) is 3. The number of hydrogen-bond acceptors (Lipinski definition) is 3. The van der Waals surface area contributed by atoms with Crippen LogP contribution in [0.4, 0.5) is 22.7 Å². The van der Waals surface area contributed by atoms with Gasteiger partial charge in [-0.3, -0.25) is 0 Å². The minimum absolute atomic E-state index is 0.0148. The van der Waals surface area contributed by atoms with Crippen molar-refractivity contribution in [2.75, 3.05) is 22.9 Å². The Morgan fingerprint density at radius 2 is 0.744 bits per heavy atom. The summed E-state index contributed by atoms with van der Waals surface area (Å²) in [6, 6.07) is 108. The molecule has 2 aliphatic carbocycles. The lowest BCUT2D eigenvalue weighted by Crippen LogP contribution is -2.62. The monoisotopic (exact) mass is 1630 g/mol. The van der Waals surface area contributed by atoms with E-state index in [9.17, 15) is 0 Å². The number of benzene rings is 14. The number of anilines is 4. The van der Waals surface area contributed by atoms with Crippen LogP contribution in [0.3, 0.4) is 0 Å². The van der Waals surface area contributed by atoms with Gasteiger partial charge in [-0.1, -0.05) is 364 Å². The summed E-state index contributed by atoms with van der Waals surface area (Å²) in [4.78, 5) is 5.59. The van der Waals surface area contributed by atoms with Gasteiger partial charge >= 0.3 is 0 Å². The number of fused-ring (bicyclic) bond motifs is 20. The van der Waals surface area contributed by atoms with Crippen LogP contribution in [-0.2, 0) is 56.2 Å². The lowest BCUT2D eigenvalue weighted by atomic mass is 9.33. The number of unbranched alkanes of at least 4 members (excludes halogenated alkanes) is 1. The normalized spacial score (nSPS) is 14.2. The summed E-state index contributed by atoms with van der Waals surface area (Å²) in [7, 11) is 0. The Labute approximate surface area is 743 Å². The first-order valence-electron chi connectivity index (χ1n) is 46.3. The summed E-state index contributed by atoms with van der Waals surface area (Å²) < 4.78 is 9.65. The molecule has 5 heteroatoms. The van der Waals surface area contributed by atoms with Crippen molar-refractivity contribution >= 4 is 89.6 Å². The number of aryl methyl sites for hydroxylation is 2. The van der Waals surface area contributed by atoms with Gasteiger partial charge in [0.05, 0.1) is 16.4 Å². The third kappa shape index (κ3) is 13.7. The Hall–Kier alpha value is -11.7. The summed E-state index contributed by atoms with van der Waals surface area (Å²) in [5.74, 6) is 0. The summed E-state index contributed by atoms with van der Waals surface area (Å²) in [6.07, 6.45) is 4.76. The van der Waals surface area contributed by atoms with Crippen molar-refractivity contribution in [1.82, 2.24) is 4.57 Å². The van der Waals surface area contributed by atoms with E-state index in [4.69, 9.17) is 4.42 Å². The quantitative estimate of drug-likeness (QED) is 0.0849. The molecular weight excluding hydrogens is 1510 g/mol. The largest absolute Gasteiger partial charge is 0.455 e. The van der Waals surface area contributed by atoms with Gasteiger partial charge in [-0.25, -0.2) is 0 Å². The Kier molecular flexibility index (Phi) is 19.1. The first-order valence-corrected chi connectivity index (χ1v) is 46.3. The molecule has 2 aromatic heterocycles. The first kappa shape index (κ1) is 81.7. The SMILES string of the molecule is CC(C)(C)c1cc(-c2cc(C(C)(C)C)ccc2CCCCN2c3ccc(-c4cccc5c4oc4ccccc45)cc3B3c4ccc(-n5c6ccccc6c6cc7c(cc65)C5(c6ccccc6-c6ccccc65)c5ccccc5-7)cc4N(CCCc4ccc(C(C)(C)C)cc4-c4cc(C(C)(C)C)cc(C(C)(C)C)c4)c4cc(C(C)(C)C)cc2c43)cc(C(C)(C)C)c1. The van der Waals surface area contributed by atoms with E-state index in [-0.39, 0.29) is 44.6 Å². The average Bonchev–Trinajstić information content (AvgIpc) is 1.50. The molecule has 14 aromatic carbocycles. The maximum Gasteiger partial charge on any atom is 0.252 e. The number of aromatic nitrogens is 1. The van der Waals surface area contributed by atoms with Crippen LogP contribution in [0.25, 0.3) is 105 Å². The Morgan fingerprint density at radius 3 is 1.30 bits per heavy atom. The first-order chi connectivity index (χ1) is 59.4. The van der Waals surface area contributed by atoms with E-state index in [0.717, 1.165) is 83.9 Å². The Bertz CT molecular complexity index is 6970.